The predicted octanol–water partition coefficient (Wildman–Crippen LogP) is 5.34. The van der Waals surface area contributed by atoms with Gasteiger partial charge in [-0.1, -0.05) is 30.9 Å². The third kappa shape index (κ3) is 3.89. The Morgan fingerprint density at radius 3 is 2.21 bits per heavy atom. The zero-order valence-corrected chi connectivity index (χ0v) is 15.1. The van der Waals surface area contributed by atoms with Gasteiger partial charge in [-0.05, 0) is 47.2 Å². The second kappa shape index (κ2) is 7.67. The fraction of sp³-hybridized carbons (Fsp3) is 0.217. The van der Waals surface area contributed by atoms with Crippen LogP contribution in [0.1, 0.15) is 29.9 Å². The molecule has 1 aliphatic heterocycles. The molecule has 0 spiro atoms. The molecule has 28 heavy (non-hydrogen) atoms. The molecule has 142 valence electrons. The van der Waals surface area contributed by atoms with E-state index < -0.39 is 23.7 Å². The Bertz CT molecular complexity index is 1090. The predicted molar refractivity (Wildman–Crippen MR) is 100 cm³/mol. The molecule has 0 aromatic heterocycles. The number of fused-ring (bicyclic) bond motifs is 1. The van der Waals surface area contributed by atoms with Gasteiger partial charge in [0.2, 0.25) is 0 Å². The molecule has 3 aromatic rings. The van der Waals surface area contributed by atoms with E-state index in [2.05, 4.69) is 11.8 Å². The van der Waals surface area contributed by atoms with Gasteiger partial charge in [0, 0.05) is 17.0 Å². The minimum absolute atomic E-state index is 0.235. The summed E-state index contributed by atoms with van der Waals surface area (Å²) in [7, 11) is 0. The number of rotatable bonds is 1. The van der Waals surface area contributed by atoms with Gasteiger partial charge in [0.25, 0.3) is 0 Å². The van der Waals surface area contributed by atoms with Crippen LogP contribution in [-0.2, 0) is 9.47 Å². The van der Waals surface area contributed by atoms with E-state index in [0.717, 1.165) is 12.1 Å². The molecule has 4 rings (SSSR count). The molecule has 0 amide bonds. The van der Waals surface area contributed by atoms with Gasteiger partial charge >= 0.3 is 0 Å². The van der Waals surface area contributed by atoms with E-state index in [1.165, 1.54) is 6.07 Å². The molecular weight excluding hydrogens is 365 g/mol. The molecule has 0 radical (unpaired) electrons. The van der Waals surface area contributed by atoms with Gasteiger partial charge < -0.3 is 9.47 Å². The van der Waals surface area contributed by atoms with Crippen LogP contribution in [0.25, 0.3) is 10.8 Å². The summed E-state index contributed by atoms with van der Waals surface area (Å²) in [6.45, 7) is 3.16. The summed E-state index contributed by atoms with van der Waals surface area (Å²) < 4.78 is 52.3. The van der Waals surface area contributed by atoms with Crippen molar-refractivity contribution in [3.05, 3.63) is 82.7 Å². The largest absolute Gasteiger partial charge is 0.348 e. The lowest BCUT2D eigenvalue weighted by Gasteiger charge is -2.27. The van der Waals surface area contributed by atoms with Gasteiger partial charge in [0.1, 0.15) is 5.82 Å². The first-order valence-corrected chi connectivity index (χ1v) is 8.93. The topological polar surface area (TPSA) is 18.5 Å². The lowest BCUT2D eigenvalue weighted by Crippen LogP contribution is -2.25. The summed E-state index contributed by atoms with van der Waals surface area (Å²) in [5.74, 6) is 3.69. The van der Waals surface area contributed by atoms with Crippen LogP contribution in [0, 0.1) is 35.2 Å². The molecule has 0 bridgehead atoms. The zero-order chi connectivity index (χ0) is 19.7. The molecule has 0 N–H and O–H groups in total. The average molecular weight is 382 g/mol. The Hall–Kier alpha value is -2.81. The zero-order valence-electron chi connectivity index (χ0n) is 15.1. The lowest BCUT2D eigenvalue weighted by molar-refractivity contribution is -0.202. The van der Waals surface area contributed by atoms with Crippen molar-refractivity contribution < 1.29 is 22.6 Å². The summed E-state index contributed by atoms with van der Waals surface area (Å²) in [5, 5.41) is 1.10. The highest BCUT2D eigenvalue weighted by molar-refractivity contribution is 5.84. The molecule has 3 aromatic carbocycles. The highest BCUT2D eigenvalue weighted by Crippen LogP contribution is 2.26. The quantitative estimate of drug-likeness (QED) is 0.529. The monoisotopic (exact) mass is 382 g/mol. The highest BCUT2D eigenvalue weighted by Gasteiger charge is 2.21. The Morgan fingerprint density at radius 2 is 1.50 bits per heavy atom. The van der Waals surface area contributed by atoms with Gasteiger partial charge in [-0.3, -0.25) is 0 Å². The van der Waals surface area contributed by atoms with Crippen molar-refractivity contribution in [2.24, 2.45) is 5.92 Å². The van der Waals surface area contributed by atoms with Crippen LogP contribution in [0.2, 0.25) is 0 Å². The standard InChI is InChI=1S/C23H17F3O2/c1-14-12-27-23(28-13-14)18-7-6-16(20(24)10-18)4-2-15-3-5-17-9-21(25)22(26)11-19(17)8-15/h3,5-11,14,23H,12-13H2,1H3. The first-order valence-electron chi connectivity index (χ1n) is 8.93. The summed E-state index contributed by atoms with van der Waals surface area (Å²) in [4.78, 5) is 0. The fourth-order valence-electron chi connectivity index (χ4n) is 3.03. The van der Waals surface area contributed by atoms with Crippen molar-refractivity contribution in [3.8, 4) is 11.8 Å². The molecular formula is C23H17F3O2. The van der Waals surface area contributed by atoms with Crippen molar-refractivity contribution in [2.75, 3.05) is 13.2 Å². The van der Waals surface area contributed by atoms with Crippen LogP contribution in [0.4, 0.5) is 13.2 Å². The van der Waals surface area contributed by atoms with Crippen molar-refractivity contribution in [3.63, 3.8) is 0 Å². The van der Waals surface area contributed by atoms with Crippen LogP contribution in [-0.4, -0.2) is 13.2 Å². The normalized spacial score (nSPS) is 19.3. The Morgan fingerprint density at radius 1 is 0.786 bits per heavy atom. The molecule has 1 fully saturated rings. The van der Waals surface area contributed by atoms with Crippen LogP contribution >= 0.6 is 0 Å². The average Bonchev–Trinajstić information content (AvgIpc) is 2.68. The maximum atomic E-state index is 14.4. The van der Waals surface area contributed by atoms with E-state index in [-0.39, 0.29) is 5.56 Å². The van der Waals surface area contributed by atoms with Crippen molar-refractivity contribution in [2.45, 2.75) is 13.2 Å². The number of hydrogen-bond acceptors (Lipinski definition) is 2. The van der Waals surface area contributed by atoms with Crippen LogP contribution in [0.5, 0.6) is 0 Å². The second-order valence-corrected chi connectivity index (χ2v) is 6.92. The SMILES string of the molecule is CC1COC(c2ccc(C#Cc3ccc4cc(F)c(F)cc4c3)c(F)c2)OC1. The van der Waals surface area contributed by atoms with Gasteiger partial charge in [-0.15, -0.1) is 0 Å². The summed E-state index contributed by atoms with van der Waals surface area (Å²) in [6.07, 6.45) is -0.566. The fourth-order valence-corrected chi connectivity index (χ4v) is 3.03. The number of hydrogen-bond donors (Lipinski definition) is 0. The maximum Gasteiger partial charge on any atom is 0.183 e. The molecule has 1 saturated heterocycles. The molecule has 0 unspecified atom stereocenters. The first-order chi connectivity index (χ1) is 13.5. The van der Waals surface area contributed by atoms with E-state index in [0.29, 0.717) is 41.0 Å². The molecule has 0 atom stereocenters. The third-order valence-electron chi connectivity index (χ3n) is 4.55. The van der Waals surface area contributed by atoms with Gasteiger partial charge in [0.15, 0.2) is 17.9 Å². The lowest BCUT2D eigenvalue weighted by atomic mass is 10.1. The minimum Gasteiger partial charge on any atom is -0.348 e. The van der Waals surface area contributed by atoms with Crippen LogP contribution in [0.3, 0.4) is 0 Å². The molecule has 0 saturated carbocycles. The Balaban J connectivity index is 1.57. The van der Waals surface area contributed by atoms with E-state index in [4.69, 9.17) is 9.47 Å². The maximum absolute atomic E-state index is 14.4. The number of benzene rings is 3. The van der Waals surface area contributed by atoms with Gasteiger partial charge in [0.05, 0.1) is 18.8 Å². The number of ether oxygens (including phenoxy) is 2. The van der Waals surface area contributed by atoms with Crippen LogP contribution in [0.15, 0.2) is 48.5 Å². The molecule has 0 aliphatic carbocycles. The molecule has 1 aliphatic rings. The van der Waals surface area contributed by atoms with Crippen molar-refractivity contribution in [1.82, 2.24) is 0 Å². The summed E-state index contributed by atoms with van der Waals surface area (Å²) in [5.41, 5.74) is 1.42. The van der Waals surface area contributed by atoms with Crippen molar-refractivity contribution in [1.29, 1.82) is 0 Å². The summed E-state index contributed by atoms with van der Waals surface area (Å²) in [6, 6.07) is 11.9. The first kappa shape index (κ1) is 18.5. The van der Waals surface area contributed by atoms with Gasteiger partial charge in [-0.25, -0.2) is 13.2 Å². The molecule has 5 heteroatoms. The van der Waals surface area contributed by atoms with E-state index in [1.54, 1.807) is 30.3 Å². The smallest absolute Gasteiger partial charge is 0.183 e. The van der Waals surface area contributed by atoms with E-state index in [1.807, 2.05) is 6.92 Å². The Kier molecular flexibility index (Phi) is 5.08. The van der Waals surface area contributed by atoms with E-state index in [9.17, 15) is 13.2 Å². The van der Waals surface area contributed by atoms with Gasteiger partial charge in [-0.2, -0.15) is 0 Å². The summed E-state index contributed by atoms with van der Waals surface area (Å²) >= 11 is 0. The second-order valence-electron chi connectivity index (χ2n) is 6.92. The molecule has 1 heterocycles. The van der Waals surface area contributed by atoms with E-state index >= 15 is 0 Å². The number of halogens is 3. The third-order valence-corrected chi connectivity index (χ3v) is 4.55. The van der Waals surface area contributed by atoms with Crippen molar-refractivity contribution >= 4 is 10.8 Å². The highest BCUT2D eigenvalue weighted by atomic mass is 19.2. The molecule has 2 nitrogen and oxygen atoms in total. The Labute approximate surface area is 160 Å². The minimum atomic E-state index is -0.916. The van der Waals surface area contributed by atoms with Crippen LogP contribution < -0.4 is 0 Å².